The summed E-state index contributed by atoms with van der Waals surface area (Å²) < 4.78 is 5.25. The molecule has 3 heterocycles. The van der Waals surface area contributed by atoms with Crippen LogP contribution in [0.15, 0.2) is 28.9 Å². The largest absolute Gasteiger partial charge is 0.332 e. The van der Waals surface area contributed by atoms with E-state index in [2.05, 4.69) is 20.4 Å². The fourth-order valence-corrected chi connectivity index (χ4v) is 2.07. The Labute approximate surface area is 99.3 Å². The number of hydrogen-bond acceptors (Lipinski definition) is 5. The van der Waals surface area contributed by atoms with Crippen molar-refractivity contribution in [1.29, 1.82) is 0 Å². The molecule has 88 valence electrons. The molecule has 5 heteroatoms. The predicted molar refractivity (Wildman–Crippen MR) is 62.4 cm³/mol. The van der Waals surface area contributed by atoms with Gasteiger partial charge in [-0.25, -0.2) is 0 Å². The van der Waals surface area contributed by atoms with Crippen LogP contribution in [0.2, 0.25) is 0 Å². The first-order valence-corrected chi connectivity index (χ1v) is 5.89. The molecule has 1 N–H and O–H groups in total. The molecular weight excluding hydrogens is 216 g/mol. The highest BCUT2D eigenvalue weighted by atomic mass is 16.5. The molecule has 1 aliphatic rings. The van der Waals surface area contributed by atoms with Gasteiger partial charge in [-0.15, -0.1) is 0 Å². The molecule has 1 aliphatic heterocycles. The maximum Gasteiger partial charge on any atom is 0.276 e. The Morgan fingerprint density at radius 2 is 2.35 bits per heavy atom. The quantitative estimate of drug-likeness (QED) is 0.849. The third kappa shape index (κ3) is 2.19. The van der Waals surface area contributed by atoms with E-state index in [0.29, 0.717) is 11.8 Å². The van der Waals surface area contributed by atoms with Crippen molar-refractivity contribution in [3.8, 4) is 11.6 Å². The topological polar surface area (TPSA) is 63.8 Å². The maximum atomic E-state index is 5.25. The second-order valence-corrected chi connectivity index (χ2v) is 4.22. The van der Waals surface area contributed by atoms with E-state index in [1.807, 2.05) is 18.2 Å². The molecule has 1 saturated heterocycles. The number of nitrogens with zero attached hydrogens (tertiary/aromatic N) is 3. The highest BCUT2D eigenvalue weighted by Crippen LogP contribution is 2.22. The number of hydrogen-bond donors (Lipinski definition) is 1. The van der Waals surface area contributed by atoms with E-state index in [4.69, 9.17) is 4.52 Å². The highest BCUT2D eigenvalue weighted by Gasteiger charge is 2.21. The van der Waals surface area contributed by atoms with Crippen LogP contribution in [0, 0.1) is 0 Å². The first kappa shape index (κ1) is 10.4. The molecule has 0 radical (unpaired) electrons. The summed E-state index contributed by atoms with van der Waals surface area (Å²) in [5.41, 5.74) is 0.731. The van der Waals surface area contributed by atoms with E-state index in [1.165, 1.54) is 0 Å². The molecule has 2 aromatic heterocycles. The molecule has 0 unspecified atom stereocenters. The summed E-state index contributed by atoms with van der Waals surface area (Å²) in [7, 11) is 0. The monoisotopic (exact) mass is 230 g/mol. The predicted octanol–water partition coefficient (Wildman–Crippen LogP) is 1.60. The summed E-state index contributed by atoms with van der Waals surface area (Å²) in [4.78, 5) is 8.62. The van der Waals surface area contributed by atoms with Crippen LogP contribution >= 0.6 is 0 Å². The molecule has 1 fully saturated rings. The summed E-state index contributed by atoms with van der Waals surface area (Å²) >= 11 is 0. The Morgan fingerprint density at radius 3 is 3.12 bits per heavy atom. The van der Waals surface area contributed by atoms with Crippen molar-refractivity contribution in [2.24, 2.45) is 0 Å². The van der Waals surface area contributed by atoms with Gasteiger partial charge < -0.3 is 9.84 Å². The average molecular weight is 230 g/mol. The van der Waals surface area contributed by atoms with Crippen LogP contribution in [-0.4, -0.2) is 28.2 Å². The van der Waals surface area contributed by atoms with Crippen LogP contribution in [0.4, 0.5) is 0 Å². The van der Waals surface area contributed by atoms with Crippen molar-refractivity contribution >= 4 is 0 Å². The van der Waals surface area contributed by atoms with Gasteiger partial charge in [-0.3, -0.25) is 4.98 Å². The summed E-state index contributed by atoms with van der Waals surface area (Å²) in [5.74, 6) is 1.66. The van der Waals surface area contributed by atoms with E-state index < -0.39 is 0 Å². The van der Waals surface area contributed by atoms with Gasteiger partial charge in [0.25, 0.3) is 5.89 Å². The molecule has 0 spiro atoms. The lowest BCUT2D eigenvalue weighted by Crippen LogP contribution is -2.28. The zero-order valence-corrected chi connectivity index (χ0v) is 9.47. The first-order chi connectivity index (χ1) is 8.43. The minimum Gasteiger partial charge on any atom is -0.332 e. The molecule has 0 aromatic carbocycles. The van der Waals surface area contributed by atoms with E-state index >= 15 is 0 Å². The van der Waals surface area contributed by atoms with Crippen molar-refractivity contribution in [2.45, 2.75) is 18.8 Å². The van der Waals surface area contributed by atoms with Gasteiger partial charge in [-0.2, -0.15) is 4.98 Å². The van der Waals surface area contributed by atoms with Crippen molar-refractivity contribution in [1.82, 2.24) is 20.4 Å². The zero-order chi connectivity index (χ0) is 11.5. The Morgan fingerprint density at radius 1 is 1.35 bits per heavy atom. The molecule has 5 nitrogen and oxygen atoms in total. The summed E-state index contributed by atoms with van der Waals surface area (Å²) in [6.45, 7) is 2.02. The molecule has 2 aromatic rings. The van der Waals surface area contributed by atoms with Gasteiger partial charge in [0, 0.05) is 18.7 Å². The van der Waals surface area contributed by atoms with Crippen molar-refractivity contribution in [3.05, 3.63) is 30.2 Å². The van der Waals surface area contributed by atoms with Crippen LogP contribution in [0.25, 0.3) is 11.6 Å². The van der Waals surface area contributed by atoms with Gasteiger partial charge in [0.15, 0.2) is 5.82 Å². The lowest BCUT2D eigenvalue weighted by molar-refractivity contribution is 0.392. The van der Waals surface area contributed by atoms with Crippen molar-refractivity contribution in [2.75, 3.05) is 13.1 Å². The van der Waals surface area contributed by atoms with Gasteiger partial charge in [0.2, 0.25) is 0 Å². The third-order valence-corrected chi connectivity index (χ3v) is 2.99. The van der Waals surface area contributed by atoms with Gasteiger partial charge >= 0.3 is 0 Å². The van der Waals surface area contributed by atoms with Crippen LogP contribution in [-0.2, 0) is 0 Å². The summed E-state index contributed by atoms with van der Waals surface area (Å²) in [6, 6.07) is 5.65. The average Bonchev–Trinajstić information content (AvgIpc) is 2.90. The van der Waals surface area contributed by atoms with Gasteiger partial charge in [0.1, 0.15) is 5.69 Å². The fraction of sp³-hybridized carbons (Fsp3) is 0.417. The minimum atomic E-state index is 0.366. The molecule has 3 rings (SSSR count). The lowest BCUT2D eigenvalue weighted by atomic mass is 9.99. The molecule has 0 bridgehead atoms. The Hall–Kier alpha value is -1.75. The minimum absolute atomic E-state index is 0.366. The molecule has 1 atom stereocenters. The van der Waals surface area contributed by atoms with Crippen molar-refractivity contribution < 1.29 is 4.52 Å². The lowest BCUT2D eigenvalue weighted by Gasteiger charge is -2.19. The van der Waals surface area contributed by atoms with E-state index in [1.54, 1.807) is 6.20 Å². The standard InChI is InChI=1S/C12H14N4O/c1-2-7-14-10(5-1)12-15-11(16-17-12)9-4-3-6-13-8-9/h1-2,5,7,9,13H,3-4,6,8H2/t9-/m1/s1. The highest BCUT2D eigenvalue weighted by molar-refractivity contribution is 5.45. The number of rotatable bonds is 2. The third-order valence-electron chi connectivity index (χ3n) is 2.99. The zero-order valence-electron chi connectivity index (χ0n) is 9.47. The van der Waals surface area contributed by atoms with E-state index in [9.17, 15) is 0 Å². The first-order valence-electron chi connectivity index (χ1n) is 5.89. The number of pyridine rings is 1. The fourth-order valence-electron chi connectivity index (χ4n) is 2.07. The Bertz CT molecular complexity index is 476. The Balaban J connectivity index is 1.83. The molecule has 0 saturated carbocycles. The maximum absolute atomic E-state index is 5.25. The molecule has 17 heavy (non-hydrogen) atoms. The summed E-state index contributed by atoms with van der Waals surface area (Å²) in [5, 5.41) is 7.40. The number of nitrogens with one attached hydrogen (secondary N) is 1. The molecule has 0 amide bonds. The van der Waals surface area contributed by atoms with Gasteiger partial charge in [-0.1, -0.05) is 11.2 Å². The van der Waals surface area contributed by atoms with E-state index in [0.717, 1.165) is 37.4 Å². The SMILES string of the molecule is c1ccc(-c2nc([C@@H]3CCCNC3)no2)nc1. The second-order valence-electron chi connectivity index (χ2n) is 4.22. The second kappa shape index (κ2) is 4.63. The smallest absolute Gasteiger partial charge is 0.276 e. The van der Waals surface area contributed by atoms with Crippen LogP contribution in [0.5, 0.6) is 0 Å². The van der Waals surface area contributed by atoms with Gasteiger partial charge in [0.05, 0.1) is 0 Å². The van der Waals surface area contributed by atoms with Crippen molar-refractivity contribution in [3.63, 3.8) is 0 Å². The molecular formula is C12H14N4O. The van der Waals surface area contributed by atoms with Crippen LogP contribution in [0.1, 0.15) is 24.6 Å². The van der Waals surface area contributed by atoms with Crippen LogP contribution < -0.4 is 5.32 Å². The summed E-state index contributed by atoms with van der Waals surface area (Å²) in [6.07, 6.45) is 4.01. The van der Waals surface area contributed by atoms with Gasteiger partial charge in [-0.05, 0) is 31.5 Å². The normalized spacial score (nSPS) is 20.4. The number of aromatic nitrogens is 3. The molecule has 0 aliphatic carbocycles. The number of piperidine rings is 1. The Kier molecular flexibility index (Phi) is 2.83. The van der Waals surface area contributed by atoms with E-state index in [-0.39, 0.29) is 0 Å². The van der Waals surface area contributed by atoms with Crippen LogP contribution in [0.3, 0.4) is 0 Å².